The van der Waals surface area contributed by atoms with E-state index in [1.54, 1.807) is 0 Å². The molecule has 0 radical (unpaired) electrons. The van der Waals surface area contributed by atoms with Gasteiger partial charge in [-0.25, -0.2) is 0 Å². The maximum atomic E-state index is 5.85. The molecule has 3 heteroatoms. The van der Waals surface area contributed by atoms with Gasteiger partial charge in [-0.2, -0.15) is 0 Å². The summed E-state index contributed by atoms with van der Waals surface area (Å²) in [7, 11) is -0.290. The fourth-order valence-corrected chi connectivity index (χ4v) is 2.97. The molecule has 0 aromatic rings. The smallest absolute Gasteiger partial charge is 0.162 e. The summed E-state index contributed by atoms with van der Waals surface area (Å²) in [5.41, 5.74) is 0.0821. The minimum atomic E-state index is -0.290. The molecule has 16 heavy (non-hydrogen) atoms. The second-order valence-corrected chi connectivity index (χ2v) is 6.91. The van der Waals surface area contributed by atoms with E-state index < -0.39 is 0 Å². The summed E-state index contributed by atoms with van der Waals surface area (Å²) in [5, 5.41) is 0. The first-order chi connectivity index (χ1) is 7.49. The first-order valence-electron chi connectivity index (χ1n) is 6.86. The molecular formula is C13H31NOSi. The molecule has 0 N–H and O–H groups in total. The lowest BCUT2D eigenvalue weighted by atomic mass is 10.2. The normalized spacial score (nSPS) is 13.1. The van der Waals surface area contributed by atoms with Gasteiger partial charge in [0.25, 0.3) is 0 Å². The van der Waals surface area contributed by atoms with Crippen molar-refractivity contribution in [3.8, 4) is 0 Å². The summed E-state index contributed by atoms with van der Waals surface area (Å²) in [5.74, 6) is 0. The molecule has 0 saturated heterocycles. The van der Waals surface area contributed by atoms with Gasteiger partial charge in [0, 0.05) is 5.60 Å². The molecule has 0 rings (SSSR count). The SMILES string of the molecule is CCCN(CCC)CCC[SiH2]OC(C)(C)C. The fraction of sp³-hybridized carbons (Fsp3) is 1.00. The first kappa shape index (κ1) is 16.1. The van der Waals surface area contributed by atoms with Gasteiger partial charge in [0.2, 0.25) is 0 Å². The molecule has 0 amide bonds. The van der Waals surface area contributed by atoms with Crippen LogP contribution in [0, 0.1) is 0 Å². The van der Waals surface area contributed by atoms with Gasteiger partial charge in [0.05, 0.1) is 0 Å². The second kappa shape index (κ2) is 9.20. The van der Waals surface area contributed by atoms with Crippen LogP contribution in [0.2, 0.25) is 6.04 Å². The summed E-state index contributed by atoms with van der Waals surface area (Å²) >= 11 is 0. The number of hydrogen-bond acceptors (Lipinski definition) is 2. The van der Waals surface area contributed by atoms with E-state index in [0.717, 1.165) is 0 Å². The van der Waals surface area contributed by atoms with Crippen LogP contribution >= 0.6 is 0 Å². The van der Waals surface area contributed by atoms with Crippen LogP contribution in [0.25, 0.3) is 0 Å². The number of hydrogen-bond donors (Lipinski definition) is 0. The Hall–Kier alpha value is 0.137. The van der Waals surface area contributed by atoms with Crippen molar-refractivity contribution in [2.75, 3.05) is 19.6 Å². The largest absolute Gasteiger partial charge is 0.419 e. The van der Waals surface area contributed by atoms with E-state index in [9.17, 15) is 0 Å². The van der Waals surface area contributed by atoms with Crippen molar-refractivity contribution in [1.82, 2.24) is 4.90 Å². The van der Waals surface area contributed by atoms with Crippen LogP contribution in [0.4, 0.5) is 0 Å². The van der Waals surface area contributed by atoms with Crippen molar-refractivity contribution < 1.29 is 4.43 Å². The standard InChI is InChI=1S/C13H31NOSi/c1-6-9-14(10-7-2)11-8-12-16-15-13(3,4)5/h6-12,16H2,1-5H3. The van der Waals surface area contributed by atoms with Crippen molar-refractivity contribution in [3.05, 3.63) is 0 Å². The highest BCUT2D eigenvalue weighted by Gasteiger charge is 2.09. The van der Waals surface area contributed by atoms with Gasteiger partial charge in [-0.1, -0.05) is 13.8 Å². The van der Waals surface area contributed by atoms with Crippen molar-refractivity contribution >= 4 is 9.76 Å². The average molecular weight is 245 g/mol. The van der Waals surface area contributed by atoms with Crippen LogP contribution in [0.3, 0.4) is 0 Å². The predicted octanol–water partition coefficient (Wildman–Crippen LogP) is 2.82. The van der Waals surface area contributed by atoms with Crippen LogP contribution in [0.15, 0.2) is 0 Å². The maximum absolute atomic E-state index is 5.85. The van der Waals surface area contributed by atoms with Gasteiger partial charge in [-0.15, -0.1) is 0 Å². The fourth-order valence-electron chi connectivity index (χ4n) is 1.78. The Morgan fingerprint density at radius 3 is 2.00 bits per heavy atom. The van der Waals surface area contributed by atoms with E-state index in [0.29, 0.717) is 0 Å². The van der Waals surface area contributed by atoms with Crippen molar-refractivity contribution in [2.45, 2.75) is 65.5 Å². The van der Waals surface area contributed by atoms with Crippen LogP contribution in [0.1, 0.15) is 53.9 Å². The Bertz CT molecular complexity index is 151. The highest BCUT2D eigenvalue weighted by molar-refractivity contribution is 6.27. The van der Waals surface area contributed by atoms with Crippen LogP contribution in [-0.4, -0.2) is 39.9 Å². The zero-order valence-electron chi connectivity index (χ0n) is 12.0. The topological polar surface area (TPSA) is 12.5 Å². The molecule has 0 bridgehead atoms. The molecule has 0 aliphatic heterocycles. The number of rotatable bonds is 9. The molecule has 0 aliphatic carbocycles. The van der Waals surface area contributed by atoms with Gasteiger partial charge >= 0.3 is 0 Å². The van der Waals surface area contributed by atoms with Crippen LogP contribution in [-0.2, 0) is 4.43 Å². The summed E-state index contributed by atoms with van der Waals surface area (Å²) in [6.45, 7) is 14.8. The predicted molar refractivity (Wildman–Crippen MR) is 75.8 cm³/mol. The van der Waals surface area contributed by atoms with Crippen molar-refractivity contribution in [3.63, 3.8) is 0 Å². The molecule has 0 spiro atoms. The lowest BCUT2D eigenvalue weighted by Crippen LogP contribution is -2.27. The minimum absolute atomic E-state index is 0.0821. The monoisotopic (exact) mass is 245 g/mol. The van der Waals surface area contributed by atoms with Gasteiger partial charge in [0.15, 0.2) is 9.76 Å². The second-order valence-electron chi connectivity index (χ2n) is 5.51. The van der Waals surface area contributed by atoms with Gasteiger partial charge < -0.3 is 9.33 Å². The van der Waals surface area contributed by atoms with E-state index in [2.05, 4.69) is 39.5 Å². The Labute approximate surface area is 105 Å². The Kier molecular flexibility index (Phi) is 9.28. The van der Waals surface area contributed by atoms with E-state index in [-0.39, 0.29) is 15.4 Å². The molecule has 0 aromatic heterocycles. The Morgan fingerprint density at radius 2 is 1.56 bits per heavy atom. The molecule has 0 fully saturated rings. The van der Waals surface area contributed by atoms with Crippen molar-refractivity contribution in [2.24, 2.45) is 0 Å². The van der Waals surface area contributed by atoms with Crippen molar-refractivity contribution in [1.29, 1.82) is 0 Å². The summed E-state index contributed by atoms with van der Waals surface area (Å²) in [6.07, 6.45) is 3.87. The third-order valence-electron chi connectivity index (χ3n) is 2.48. The molecule has 0 aromatic carbocycles. The molecule has 98 valence electrons. The van der Waals surface area contributed by atoms with Gasteiger partial charge in [-0.05, 0) is 65.7 Å². The van der Waals surface area contributed by atoms with Crippen LogP contribution < -0.4 is 0 Å². The van der Waals surface area contributed by atoms with Crippen LogP contribution in [0.5, 0.6) is 0 Å². The zero-order valence-corrected chi connectivity index (χ0v) is 13.4. The lowest BCUT2D eigenvalue weighted by molar-refractivity contribution is 0.137. The molecule has 0 saturated carbocycles. The highest BCUT2D eigenvalue weighted by Crippen LogP contribution is 2.07. The summed E-state index contributed by atoms with van der Waals surface area (Å²) < 4.78 is 5.85. The lowest BCUT2D eigenvalue weighted by Gasteiger charge is -2.22. The van der Waals surface area contributed by atoms with E-state index in [1.807, 2.05) is 0 Å². The van der Waals surface area contributed by atoms with E-state index in [4.69, 9.17) is 4.43 Å². The average Bonchev–Trinajstić information content (AvgIpc) is 2.16. The first-order valence-corrected chi connectivity index (χ1v) is 8.43. The van der Waals surface area contributed by atoms with E-state index in [1.165, 1.54) is 44.9 Å². The Balaban J connectivity index is 3.46. The molecule has 0 aliphatic rings. The summed E-state index contributed by atoms with van der Waals surface area (Å²) in [6, 6.07) is 1.32. The zero-order chi connectivity index (χ0) is 12.4. The molecule has 0 heterocycles. The van der Waals surface area contributed by atoms with Gasteiger partial charge in [-0.3, -0.25) is 0 Å². The minimum Gasteiger partial charge on any atom is -0.419 e. The number of nitrogens with zero attached hydrogens (tertiary/aromatic N) is 1. The molecule has 0 unspecified atom stereocenters. The maximum Gasteiger partial charge on any atom is 0.162 e. The molecular weight excluding hydrogens is 214 g/mol. The highest BCUT2D eigenvalue weighted by atomic mass is 28.2. The third-order valence-corrected chi connectivity index (χ3v) is 4.34. The summed E-state index contributed by atoms with van der Waals surface area (Å²) in [4.78, 5) is 2.59. The Morgan fingerprint density at radius 1 is 1.00 bits per heavy atom. The third kappa shape index (κ3) is 10.6. The molecule has 0 atom stereocenters. The van der Waals surface area contributed by atoms with E-state index >= 15 is 0 Å². The quantitative estimate of drug-likeness (QED) is 0.457. The van der Waals surface area contributed by atoms with Gasteiger partial charge in [0.1, 0.15) is 0 Å². The molecule has 2 nitrogen and oxygen atoms in total.